The average molecular weight is 295 g/mol. The molecule has 0 aliphatic heterocycles. The number of anilines is 1. The maximum Gasteiger partial charge on any atom is 0.354 e. The molecule has 0 atom stereocenters. The summed E-state index contributed by atoms with van der Waals surface area (Å²) in [6.07, 6.45) is 1.10. The Morgan fingerprint density at radius 2 is 2.00 bits per heavy atom. The molecule has 20 heavy (non-hydrogen) atoms. The van der Waals surface area contributed by atoms with Gasteiger partial charge >= 0.3 is 5.97 Å². The van der Waals surface area contributed by atoms with E-state index in [0.717, 1.165) is 12.3 Å². The van der Waals surface area contributed by atoms with E-state index in [1.54, 1.807) is 0 Å². The highest BCUT2D eigenvalue weighted by molar-refractivity contribution is 6.30. The maximum atomic E-state index is 13.5. The molecule has 0 radical (unpaired) electrons. The second kappa shape index (κ2) is 5.66. The summed E-state index contributed by atoms with van der Waals surface area (Å²) in [4.78, 5) is 26.1. The van der Waals surface area contributed by atoms with Crippen molar-refractivity contribution in [2.75, 3.05) is 5.32 Å². The number of amides is 1. The first kappa shape index (κ1) is 14.0. The van der Waals surface area contributed by atoms with E-state index in [0.29, 0.717) is 0 Å². The van der Waals surface area contributed by atoms with Crippen LogP contribution in [0.5, 0.6) is 0 Å². The fourth-order valence-electron chi connectivity index (χ4n) is 1.44. The summed E-state index contributed by atoms with van der Waals surface area (Å²) in [7, 11) is 0. The molecule has 1 amide bonds. The molecule has 0 unspecified atom stereocenters. The zero-order valence-corrected chi connectivity index (χ0v) is 10.7. The van der Waals surface area contributed by atoms with Crippen molar-refractivity contribution >= 4 is 29.2 Å². The summed E-state index contributed by atoms with van der Waals surface area (Å²) in [6.45, 7) is 0. The van der Waals surface area contributed by atoms with Crippen LogP contribution in [-0.2, 0) is 0 Å². The summed E-state index contributed by atoms with van der Waals surface area (Å²) in [6, 6.07) is 6.32. The number of hydrogen-bond donors (Lipinski definition) is 2. The van der Waals surface area contributed by atoms with E-state index in [-0.39, 0.29) is 22.0 Å². The first-order valence-corrected chi connectivity index (χ1v) is 5.81. The largest absolute Gasteiger partial charge is 0.477 e. The molecule has 102 valence electrons. The number of pyridine rings is 1. The number of carbonyl (C=O) groups excluding carboxylic acids is 1. The van der Waals surface area contributed by atoms with Crippen molar-refractivity contribution in [2.24, 2.45) is 0 Å². The Morgan fingerprint density at radius 1 is 1.25 bits per heavy atom. The van der Waals surface area contributed by atoms with Crippen LogP contribution in [0.25, 0.3) is 0 Å². The number of aromatic nitrogens is 1. The van der Waals surface area contributed by atoms with Crippen molar-refractivity contribution in [3.8, 4) is 0 Å². The predicted molar refractivity (Wildman–Crippen MR) is 70.6 cm³/mol. The van der Waals surface area contributed by atoms with Gasteiger partial charge in [-0.25, -0.2) is 14.2 Å². The van der Waals surface area contributed by atoms with E-state index >= 15 is 0 Å². The van der Waals surface area contributed by atoms with Crippen LogP contribution in [0.4, 0.5) is 10.1 Å². The molecule has 0 aliphatic rings. The van der Waals surface area contributed by atoms with Crippen molar-refractivity contribution in [3.05, 3.63) is 58.6 Å². The van der Waals surface area contributed by atoms with Gasteiger partial charge < -0.3 is 10.4 Å². The fraction of sp³-hybridized carbons (Fsp3) is 0. The third kappa shape index (κ3) is 3.10. The first-order chi connectivity index (χ1) is 9.47. The van der Waals surface area contributed by atoms with Crippen molar-refractivity contribution in [1.29, 1.82) is 0 Å². The van der Waals surface area contributed by atoms with Crippen LogP contribution >= 0.6 is 11.6 Å². The molecule has 7 heteroatoms. The molecule has 0 saturated carbocycles. The molecule has 0 aliphatic carbocycles. The molecule has 0 fully saturated rings. The zero-order chi connectivity index (χ0) is 14.7. The molecule has 0 spiro atoms. The minimum absolute atomic E-state index is 0.0262. The molecule has 5 nitrogen and oxygen atoms in total. The summed E-state index contributed by atoms with van der Waals surface area (Å²) < 4.78 is 13.5. The Balaban J connectivity index is 2.17. The Hall–Kier alpha value is -2.47. The molecular formula is C13H8ClFN2O3. The number of carboxylic acid groups (broad SMARTS) is 1. The minimum atomic E-state index is -1.19. The first-order valence-electron chi connectivity index (χ1n) is 5.43. The van der Waals surface area contributed by atoms with Gasteiger partial charge in [-0.3, -0.25) is 4.79 Å². The van der Waals surface area contributed by atoms with E-state index in [9.17, 15) is 14.0 Å². The molecule has 2 rings (SSSR count). The highest BCUT2D eigenvalue weighted by Crippen LogP contribution is 2.19. The Bertz CT molecular complexity index is 674. The van der Waals surface area contributed by atoms with Gasteiger partial charge in [0, 0.05) is 11.2 Å². The fourth-order valence-corrected chi connectivity index (χ4v) is 1.60. The number of halogens is 2. The molecule has 0 saturated heterocycles. The summed E-state index contributed by atoms with van der Waals surface area (Å²) >= 11 is 5.60. The third-order valence-corrected chi connectivity index (χ3v) is 2.66. The van der Waals surface area contributed by atoms with Crippen molar-refractivity contribution in [1.82, 2.24) is 4.98 Å². The van der Waals surface area contributed by atoms with Crippen LogP contribution < -0.4 is 5.32 Å². The lowest BCUT2D eigenvalue weighted by Crippen LogP contribution is -2.14. The maximum absolute atomic E-state index is 13.5. The summed E-state index contributed by atoms with van der Waals surface area (Å²) in [5.74, 6) is -2.46. The SMILES string of the molecule is O=C(Nc1ccc(Cl)cc1F)c1ccc(C(=O)O)nc1. The van der Waals surface area contributed by atoms with E-state index < -0.39 is 17.7 Å². The van der Waals surface area contributed by atoms with Gasteiger partial charge in [0.25, 0.3) is 5.91 Å². The number of aromatic carboxylic acids is 1. The van der Waals surface area contributed by atoms with Gasteiger partial charge in [0.1, 0.15) is 11.5 Å². The highest BCUT2D eigenvalue weighted by atomic mass is 35.5. The number of carbonyl (C=O) groups is 2. The number of benzene rings is 1. The van der Waals surface area contributed by atoms with Crippen LogP contribution in [0, 0.1) is 5.82 Å². The van der Waals surface area contributed by atoms with E-state index in [4.69, 9.17) is 16.7 Å². The summed E-state index contributed by atoms with van der Waals surface area (Å²) in [5.41, 5.74) is -0.0923. The molecule has 1 aromatic heterocycles. The van der Waals surface area contributed by atoms with Gasteiger partial charge in [0.2, 0.25) is 0 Å². The zero-order valence-electron chi connectivity index (χ0n) is 9.93. The Kier molecular flexibility index (Phi) is 3.95. The van der Waals surface area contributed by atoms with Gasteiger partial charge in [-0.2, -0.15) is 0 Å². The quantitative estimate of drug-likeness (QED) is 0.912. The van der Waals surface area contributed by atoms with E-state index in [1.165, 1.54) is 24.3 Å². The van der Waals surface area contributed by atoms with E-state index in [1.807, 2.05) is 0 Å². The van der Waals surface area contributed by atoms with Crippen molar-refractivity contribution in [2.45, 2.75) is 0 Å². The lowest BCUT2D eigenvalue weighted by Gasteiger charge is -2.06. The van der Waals surface area contributed by atoms with Gasteiger partial charge in [0.05, 0.1) is 11.3 Å². The van der Waals surface area contributed by atoms with Crippen LogP contribution in [0.2, 0.25) is 5.02 Å². The van der Waals surface area contributed by atoms with Gasteiger partial charge in [-0.1, -0.05) is 11.6 Å². The summed E-state index contributed by atoms with van der Waals surface area (Å²) in [5, 5.41) is 11.2. The molecule has 2 N–H and O–H groups in total. The van der Waals surface area contributed by atoms with Crippen LogP contribution in [-0.4, -0.2) is 22.0 Å². The normalized spacial score (nSPS) is 10.1. The number of rotatable bonds is 3. The molecule has 1 aromatic carbocycles. The van der Waals surface area contributed by atoms with Crippen LogP contribution in [0.15, 0.2) is 36.5 Å². The second-order valence-corrected chi connectivity index (χ2v) is 4.25. The van der Waals surface area contributed by atoms with Gasteiger partial charge in [-0.15, -0.1) is 0 Å². The number of nitrogens with zero attached hydrogens (tertiary/aromatic N) is 1. The number of nitrogens with one attached hydrogen (secondary N) is 1. The van der Waals surface area contributed by atoms with Crippen molar-refractivity contribution < 1.29 is 19.1 Å². The molecule has 1 heterocycles. The second-order valence-electron chi connectivity index (χ2n) is 3.82. The minimum Gasteiger partial charge on any atom is -0.477 e. The highest BCUT2D eigenvalue weighted by Gasteiger charge is 2.11. The molecule has 0 bridgehead atoms. The number of carboxylic acids is 1. The molecule has 2 aromatic rings. The van der Waals surface area contributed by atoms with E-state index in [2.05, 4.69) is 10.3 Å². The lowest BCUT2D eigenvalue weighted by molar-refractivity contribution is 0.0690. The monoisotopic (exact) mass is 294 g/mol. The Labute approximate surface area is 118 Å². The van der Waals surface area contributed by atoms with Gasteiger partial charge in [-0.05, 0) is 30.3 Å². The third-order valence-electron chi connectivity index (χ3n) is 2.42. The lowest BCUT2D eigenvalue weighted by atomic mass is 10.2. The Morgan fingerprint density at radius 3 is 2.55 bits per heavy atom. The smallest absolute Gasteiger partial charge is 0.354 e. The van der Waals surface area contributed by atoms with Crippen LogP contribution in [0.3, 0.4) is 0 Å². The predicted octanol–water partition coefficient (Wildman–Crippen LogP) is 2.82. The van der Waals surface area contributed by atoms with Gasteiger partial charge in [0.15, 0.2) is 0 Å². The van der Waals surface area contributed by atoms with Crippen LogP contribution in [0.1, 0.15) is 20.8 Å². The number of hydrogen-bond acceptors (Lipinski definition) is 3. The molecular weight excluding hydrogens is 287 g/mol. The standard InChI is InChI=1S/C13H8ClFN2O3/c14-8-2-4-10(9(15)5-8)17-12(18)7-1-3-11(13(19)20)16-6-7/h1-6H,(H,17,18)(H,19,20). The average Bonchev–Trinajstić information content (AvgIpc) is 2.42. The van der Waals surface area contributed by atoms with Crippen molar-refractivity contribution in [3.63, 3.8) is 0 Å². The topological polar surface area (TPSA) is 79.3 Å².